The first-order valence-electron chi connectivity index (χ1n) is 13.1. The Balaban J connectivity index is 1.84. The Hall–Kier alpha value is -3.87. The number of hydrogen-bond donors (Lipinski definition) is 2. The first kappa shape index (κ1) is 28.7. The van der Waals surface area contributed by atoms with Crippen molar-refractivity contribution in [1.29, 1.82) is 0 Å². The van der Waals surface area contributed by atoms with Crippen LogP contribution in [-0.2, 0) is 32.1 Å². The van der Waals surface area contributed by atoms with Gasteiger partial charge in [0, 0.05) is 19.4 Å². The number of amides is 2. The molecule has 0 aliphatic heterocycles. The Morgan fingerprint density at radius 1 is 0.895 bits per heavy atom. The van der Waals surface area contributed by atoms with Crippen LogP contribution >= 0.6 is 0 Å². The Morgan fingerprint density at radius 2 is 1.58 bits per heavy atom. The highest BCUT2D eigenvalue weighted by Crippen LogP contribution is 2.26. The number of rotatable bonds is 11. The predicted molar refractivity (Wildman–Crippen MR) is 149 cm³/mol. The first-order valence-corrected chi connectivity index (χ1v) is 13.1. The summed E-state index contributed by atoms with van der Waals surface area (Å²) in [5.74, 6) is -1.22. The fraction of sp³-hybridized carbons (Fsp3) is 0.387. The molecular weight excluding hydrogens is 478 g/mol. The third-order valence-electron chi connectivity index (χ3n) is 6.47. The molecule has 0 aliphatic carbocycles. The highest BCUT2D eigenvalue weighted by molar-refractivity contribution is 5.91. The van der Waals surface area contributed by atoms with Gasteiger partial charge in [0.2, 0.25) is 11.8 Å². The average molecular weight is 518 g/mol. The quantitative estimate of drug-likeness (QED) is 0.348. The second kappa shape index (κ2) is 13.1. The number of ether oxygens (including phenoxy) is 1. The van der Waals surface area contributed by atoms with Crippen LogP contribution in [-0.4, -0.2) is 35.4 Å². The molecule has 0 unspecified atom stereocenters. The number of carbonyl (C=O) groups is 3. The largest absolute Gasteiger partial charge is 0.461 e. The number of likely N-dealkylation sites (N-methyl/N-ethyl adjacent to an activating group) is 1. The number of esters is 1. The van der Waals surface area contributed by atoms with E-state index >= 15 is 0 Å². The summed E-state index contributed by atoms with van der Waals surface area (Å²) in [5, 5.41) is 5.50. The number of nitrogens with zero attached hydrogens (tertiary/aromatic N) is 1. The molecule has 2 aromatic carbocycles. The lowest BCUT2D eigenvalue weighted by atomic mass is 9.86. The van der Waals surface area contributed by atoms with E-state index in [0.29, 0.717) is 0 Å². The van der Waals surface area contributed by atoms with E-state index in [0.717, 1.165) is 29.5 Å². The molecule has 0 saturated heterocycles. The van der Waals surface area contributed by atoms with Crippen molar-refractivity contribution in [1.82, 2.24) is 15.2 Å². The van der Waals surface area contributed by atoms with Gasteiger partial charge in [-0.15, -0.1) is 0 Å². The van der Waals surface area contributed by atoms with E-state index in [-0.39, 0.29) is 18.9 Å². The number of benzene rings is 2. The Labute approximate surface area is 225 Å². The summed E-state index contributed by atoms with van der Waals surface area (Å²) in [5.41, 5.74) is 3.56. The van der Waals surface area contributed by atoms with Gasteiger partial charge in [0.1, 0.15) is 18.7 Å². The number of hydrogen-bond acceptors (Lipinski definition) is 4. The van der Waals surface area contributed by atoms with Crippen molar-refractivity contribution < 1.29 is 19.1 Å². The van der Waals surface area contributed by atoms with Crippen molar-refractivity contribution in [3.63, 3.8) is 0 Å². The van der Waals surface area contributed by atoms with Gasteiger partial charge in [-0.05, 0) is 40.2 Å². The van der Waals surface area contributed by atoms with Crippen molar-refractivity contribution in [2.24, 2.45) is 5.41 Å². The van der Waals surface area contributed by atoms with Gasteiger partial charge in [-0.25, -0.2) is 0 Å². The Morgan fingerprint density at radius 3 is 2.18 bits per heavy atom. The maximum absolute atomic E-state index is 13.6. The molecule has 0 radical (unpaired) electrons. The topological polar surface area (TPSA) is 89.4 Å². The fourth-order valence-electron chi connectivity index (χ4n) is 4.28. The SMILES string of the molecule is CCCc1ccc(-c2ccn([C@H](CC(=O)OCc3ccccc3)C(=O)N[C@H](C(=O)NC)C(C)(C)C)c2)cc1. The highest BCUT2D eigenvalue weighted by Gasteiger charge is 2.35. The molecule has 0 saturated carbocycles. The summed E-state index contributed by atoms with van der Waals surface area (Å²) in [6.45, 7) is 7.92. The maximum atomic E-state index is 13.6. The van der Waals surface area contributed by atoms with E-state index in [2.05, 4.69) is 41.8 Å². The van der Waals surface area contributed by atoms with Gasteiger partial charge >= 0.3 is 5.97 Å². The lowest BCUT2D eigenvalue weighted by molar-refractivity contribution is -0.148. The molecule has 7 nitrogen and oxygen atoms in total. The van der Waals surface area contributed by atoms with Gasteiger partial charge in [-0.3, -0.25) is 14.4 Å². The van der Waals surface area contributed by atoms with Crippen LogP contribution in [0.4, 0.5) is 0 Å². The normalized spacial score (nSPS) is 12.9. The van der Waals surface area contributed by atoms with Gasteiger partial charge in [-0.1, -0.05) is 88.7 Å². The minimum Gasteiger partial charge on any atom is -0.461 e. The molecule has 2 atom stereocenters. The fourth-order valence-corrected chi connectivity index (χ4v) is 4.28. The minimum atomic E-state index is -0.888. The zero-order chi connectivity index (χ0) is 27.7. The first-order chi connectivity index (χ1) is 18.1. The summed E-state index contributed by atoms with van der Waals surface area (Å²) in [6.07, 6.45) is 5.58. The van der Waals surface area contributed by atoms with Crippen molar-refractivity contribution >= 4 is 17.8 Å². The molecule has 0 fully saturated rings. The van der Waals surface area contributed by atoms with Crippen molar-refractivity contribution in [3.05, 3.63) is 84.2 Å². The van der Waals surface area contributed by atoms with E-state index in [4.69, 9.17) is 4.74 Å². The third kappa shape index (κ3) is 7.81. The monoisotopic (exact) mass is 517 g/mol. The molecule has 2 amide bonds. The van der Waals surface area contributed by atoms with Crippen LogP contribution in [0.25, 0.3) is 11.1 Å². The molecule has 0 spiro atoms. The molecule has 1 aromatic heterocycles. The van der Waals surface area contributed by atoms with Gasteiger partial charge in [-0.2, -0.15) is 0 Å². The standard InChI is InChI=1S/C31H39N3O4/c1-6-10-22-13-15-24(16-14-22)25-17-18-34(20-25)26(19-27(35)38-21-23-11-8-7-9-12-23)29(36)33-28(30(37)32-5)31(2,3)4/h7-9,11-18,20,26,28H,6,10,19,21H2,1-5H3,(H,32,37)(H,33,36)/t26-,28-/m1/s1. The van der Waals surface area contributed by atoms with Crippen molar-refractivity contribution in [3.8, 4) is 11.1 Å². The van der Waals surface area contributed by atoms with Crippen LogP contribution in [0, 0.1) is 5.41 Å². The van der Waals surface area contributed by atoms with Crippen LogP contribution in [0.1, 0.15) is 57.7 Å². The zero-order valence-electron chi connectivity index (χ0n) is 23.0. The van der Waals surface area contributed by atoms with Crippen LogP contribution in [0.3, 0.4) is 0 Å². The number of nitrogens with one attached hydrogen (secondary N) is 2. The molecule has 3 aromatic rings. The van der Waals surface area contributed by atoms with E-state index in [1.807, 2.05) is 63.4 Å². The molecule has 3 rings (SSSR count). The van der Waals surface area contributed by atoms with Crippen LogP contribution < -0.4 is 10.6 Å². The van der Waals surface area contributed by atoms with Crippen molar-refractivity contribution in [2.75, 3.05) is 7.05 Å². The summed E-state index contributed by atoms with van der Waals surface area (Å²) >= 11 is 0. The molecule has 1 heterocycles. The summed E-state index contributed by atoms with van der Waals surface area (Å²) in [6, 6.07) is 18.0. The van der Waals surface area contributed by atoms with Crippen LogP contribution in [0.5, 0.6) is 0 Å². The molecule has 2 N–H and O–H groups in total. The molecule has 0 aliphatic rings. The Bertz CT molecular complexity index is 1210. The van der Waals surface area contributed by atoms with Crippen LogP contribution in [0.15, 0.2) is 73.1 Å². The lowest BCUT2D eigenvalue weighted by Crippen LogP contribution is -2.54. The van der Waals surface area contributed by atoms with Gasteiger partial charge in [0.25, 0.3) is 0 Å². The molecule has 0 bridgehead atoms. The molecule has 38 heavy (non-hydrogen) atoms. The minimum absolute atomic E-state index is 0.123. The van der Waals surface area contributed by atoms with E-state index in [1.54, 1.807) is 10.8 Å². The summed E-state index contributed by atoms with van der Waals surface area (Å²) in [7, 11) is 1.54. The number of carbonyl (C=O) groups excluding carboxylic acids is 3. The smallest absolute Gasteiger partial charge is 0.308 e. The van der Waals surface area contributed by atoms with E-state index < -0.39 is 29.4 Å². The second-order valence-electron chi connectivity index (χ2n) is 10.6. The summed E-state index contributed by atoms with van der Waals surface area (Å²) in [4.78, 5) is 39.0. The predicted octanol–water partition coefficient (Wildman–Crippen LogP) is 5.06. The average Bonchev–Trinajstić information content (AvgIpc) is 3.39. The highest BCUT2D eigenvalue weighted by atomic mass is 16.5. The zero-order valence-corrected chi connectivity index (χ0v) is 23.0. The van der Waals surface area contributed by atoms with Crippen molar-refractivity contribution in [2.45, 2.75) is 65.6 Å². The number of aromatic nitrogens is 1. The second-order valence-corrected chi connectivity index (χ2v) is 10.6. The van der Waals surface area contributed by atoms with Crippen LogP contribution in [0.2, 0.25) is 0 Å². The van der Waals surface area contributed by atoms with E-state index in [9.17, 15) is 14.4 Å². The van der Waals surface area contributed by atoms with E-state index in [1.165, 1.54) is 12.6 Å². The Kier molecular flexibility index (Phi) is 9.88. The third-order valence-corrected chi connectivity index (χ3v) is 6.47. The number of aryl methyl sites for hydroxylation is 1. The van der Waals surface area contributed by atoms with Gasteiger partial charge in [0.15, 0.2) is 0 Å². The molecule has 7 heteroatoms. The molecular formula is C31H39N3O4. The van der Waals surface area contributed by atoms with Gasteiger partial charge in [0.05, 0.1) is 6.42 Å². The molecule has 202 valence electrons. The van der Waals surface area contributed by atoms with Gasteiger partial charge < -0.3 is 19.9 Å². The lowest BCUT2D eigenvalue weighted by Gasteiger charge is -2.31. The summed E-state index contributed by atoms with van der Waals surface area (Å²) < 4.78 is 7.21. The maximum Gasteiger partial charge on any atom is 0.308 e.